The molecule has 0 bridgehead atoms. The molecule has 0 saturated carbocycles. The molecule has 0 heterocycles. The third-order valence-electron chi connectivity index (χ3n) is 3.11. The molecule has 24 heavy (non-hydrogen) atoms. The predicted octanol–water partition coefficient (Wildman–Crippen LogP) is 0.506. The standard InChI is InChI=1S/C13H21.C5H5.C2H6Si.2ClH.Zr/c1-2-3-4-5-6-7-10-13-11-8-9-12-13;1-2-4-5-3-1;1-3-2;;;/h8-9,11-12H,2-7,10H2,1H3;1-5H;1-2H3;2*1H;/q2*-1;;;;+2/p-2. The Bertz CT molecular complexity index is 403. The summed E-state index contributed by atoms with van der Waals surface area (Å²) in [5.74, 6) is 0. The molecule has 0 nitrogen and oxygen atoms in total. The second-order valence-corrected chi connectivity index (χ2v) is 15.1. The van der Waals surface area contributed by atoms with Gasteiger partial charge in [0.2, 0.25) is 0 Å². The zero-order chi connectivity index (χ0) is 16.5. The van der Waals surface area contributed by atoms with E-state index < -0.39 is 0 Å². The molecule has 136 valence electrons. The van der Waals surface area contributed by atoms with Crippen molar-refractivity contribution in [2.75, 3.05) is 0 Å². The number of hydrogen-bond acceptors (Lipinski definition) is 0. The van der Waals surface area contributed by atoms with Gasteiger partial charge in [-0.15, -0.1) is 0 Å². The Labute approximate surface area is 177 Å². The van der Waals surface area contributed by atoms with Crippen LogP contribution >= 0.6 is 0 Å². The predicted molar refractivity (Wildman–Crippen MR) is 98.6 cm³/mol. The van der Waals surface area contributed by atoms with E-state index in [1.54, 1.807) is 23.3 Å². The first-order valence-corrected chi connectivity index (χ1v) is 14.7. The van der Waals surface area contributed by atoms with Gasteiger partial charge in [-0.3, -0.25) is 0 Å². The molecule has 0 N–H and O–H groups in total. The maximum absolute atomic E-state index is 2.31. The normalized spacial score (nSPS) is 8.54. The van der Waals surface area contributed by atoms with Gasteiger partial charge in [0.25, 0.3) is 0 Å². The van der Waals surface area contributed by atoms with Crippen molar-refractivity contribution in [2.45, 2.75) is 65.0 Å². The summed E-state index contributed by atoms with van der Waals surface area (Å²) in [4.78, 5) is 0. The molecule has 0 aliphatic heterocycles. The minimum atomic E-state index is 0. The van der Waals surface area contributed by atoms with E-state index in [0.717, 1.165) is 0 Å². The number of unbranched alkanes of at least 4 members (excludes halogenated alkanes) is 5. The Kier molecular flexibility index (Phi) is 28.4. The molecule has 0 spiro atoms. The van der Waals surface area contributed by atoms with Crippen molar-refractivity contribution in [1.82, 2.24) is 0 Å². The molecular weight excluding hydrogens is 430 g/mol. The molecule has 0 unspecified atom stereocenters. The molecule has 0 aliphatic rings. The minimum Gasteiger partial charge on any atom is -1.00 e. The Morgan fingerprint density at radius 2 is 1.42 bits per heavy atom. The van der Waals surface area contributed by atoms with Crippen LogP contribution in [0.25, 0.3) is 0 Å². The van der Waals surface area contributed by atoms with E-state index in [2.05, 4.69) is 44.3 Å². The quantitative estimate of drug-likeness (QED) is 0.320. The van der Waals surface area contributed by atoms with Gasteiger partial charge in [-0.2, -0.15) is 42.0 Å². The van der Waals surface area contributed by atoms with Crippen molar-refractivity contribution in [3.63, 3.8) is 0 Å². The van der Waals surface area contributed by atoms with Crippen LogP contribution in [-0.4, -0.2) is 5.43 Å². The topological polar surface area (TPSA) is 0 Å². The molecule has 2 rings (SSSR count). The zero-order valence-electron chi connectivity index (χ0n) is 15.4. The van der Waals surface area contributed by atoms with Gasteiger partial charge in [0.05, 0.1) is 0 Å². The number of rotatable bonds is 7. The van der Waals surface area contributed by atoms with Crippen LogP contribution in [0.1, 0.15) is 51.0 Å². The summed E-state index contributed by atoms with van der Waals surface area (Å²) in [6.07, 6.45) is 9.67. The average Bonchev–Trinajstić information content (AvgIpc) is 3.17. The Morgan fingerprint density at radius 1 is 0.875 bits per heavy atom. The molecular formula is C20H32Cl2SiZr-2. The molecule has 0 radical (unpaired) electrons. The van der Waals surface area contributed by atoms with Crippen LogP contribution in [-0.2, 0) is 29.8 Å². The minimum absolute atomic E-state index is 0. The zero-order valence-corrected chi connectivity index (χ0v) is 20.4. The van der Waals surface area contributed by atoms with Crippen LogP contribution in [0.2, 0.25) is 13.1 Å². The van der Waals surface area contributed by atoms with E-state index in [0.29, 0.717) is 0 Å². The Morgan fingerprint density at radius 3 is 1.83 bits per heavy atom. The molecule has 2 aromatic carbocycles. The molecule has 0 amide bonds. The monoisotopic (exact) mass is 460 g/mol. The third kappa shape index (κ3) is 24.6. The summed E-state index contributed by atoms with van der Waals surface area (Å²) in [5, 5.41) is 0. The second kappa shape index (κ2) is 23.4. The van der Waals surface area contributed by atoms with Gasteiger partial charge in [0, 0.05) is 0 Å². The van der Waals surface area contributed by atoms with Crippen LogP contribution in [0.4, 0.5) is 0 Å². The fourth-order valence-corrected chi connectivity index (χ4v) is 2.01. The Balaban J connectivity index is -0.000000335. The van der Waals surface area contributed by atoms with Crippen molar-refractivity contribution < 1.29 is 48.1 Å². The summed E-state index contributed by atoms with van der Waals surface area (Å²) in [5.41, 5.74) is 1.72. The number of hydrogen-bond donors (Lipinski definition) is 0. The van der Waals surface area contributed by atoms with E-state index in [1.807, 2.05) is 30.3 Å². The third-order valence-corrected chi connectivity index (χ3v) is 3.11. The van der Waals surface area contributed by atoms with E-state index in [4.69, 9.17) is 0 Å². The average molecular weight is 463 g/mol. The van der Waals surface area contributed by atoms with Crippen LogP contribution in [0.3, 0.4) is 0 Å². The summed E-state index contributed by atoms with van der Waals surface area (Å²) < 4.78 is 0. The SMILES string of the molecule is CCCCCCCCc1cc[cH-]c1.C[Si](C)=[Zr+2].[Cl-].[Cl-].c1cc[cH-]c1. The molecule has 0 fully saturated rings. The van der Waals surface area contributed by atoms with Gasteiger partial charge in [-0.25, -0.2) is 18.2 Å². The molecule has 0 atom stereocenters. The van der Waals surface area contributed by atoms with Gasteiger partial charge in [-0.05, 0) is 0 Å². The van der Waals surface area contributed by atoms with Crippen LogP contribution in [0, 0.1) is 0 Å². The summed E-state index contributed by atoms with van der Waals surface area (Å²) in [7, 11) is 0. The maximum atomic E-state index is 2.31. The summed E-state index contributed by atoms with van der Waals surface area (Å²) in [6, 6.07) is 18.7. The molecule has 0 aromatic heterocycles. The van der Waals surface area contributed by atoms with E-state index in [-0.39, 0.29) is 30.2 Å². The largest absolute Gasteiger partial charge is 1.00 e. The van der Waals surface area contributed by atoms with Gasteiger partial charge in [0.1, 0.15) is 0 Å². The van der Waals surface area contributed by atoms with Gasteiger partial charge in [-0.1, -0.05) is 51.9 Å². The molecule has 0 saturated heterocycles. The second-order valence-electron chi connectivity index (χ2n) is 5.77. The van der Waals surface area contributed by atoms with Crippen LogP contribution in [0.5, 0.6) is 0 Å². The van der Waals surface area contributed by atoms with Crippen molar-refractivity contribution >= 4 is 5.43 Å². The van der Waals surface area contributed by atoms with Crippen molar-refractivity contribution in [3.05, 3.63) is 60.2 Å². The van der Waals surface area contributed by atoms with Gasteiger partial charge >= 0.3 is 41.9 Å². The number of aryl methyl sites for hydroxylation is 1. The first kappa shape index (κ1) is 29.2. The van der Waals surface area contributed by atoms with E-state index >= 15 is 0 Å². The smallest absolute Gasteiger partial charge is 0.172 e. The number of halogens is 2. The summed E-state index contributed by atoms with van der Waals surface area (Å²) in [6.45, 7) is 6.88. The molecule has 2 aromatic rings. The van der Waals surface area contributed by atoms with Crippen LogP contribution in [0.15, 0.2) is 54.6 Å². The van der Waals surface area contributed by atoms with Crippen molar-refractivity contribution in [1.29, 1.82) is 0 Å². The first-order valence-electron chi connectivity index (χ1n) is 8.55. The molecule has 4 heteroatoms. The fraction of sp³-hybridized carbons (Fsp3) is 0.500. The van der Waals surface area contributed by atoms with Gasteiger partial charge in [0.15, 0.2) is 0 Å². The summed E-state index contributed by atoms with van der Waals surface area (Å²) >= 11 is 1.74. The first-order chi connectivity index (χ1) is 10.7. The van der Waals surface area contributed by atoms with Crippen molar-refractivity contribution in [3.8, 4) is 0 Å². The molecule has 0 aliphatic carbocycles. The maximum Gasteiger partial charge on any atom is -0.172 e. The fourth-order valence-electron chi connectivity index (χ4n) is 2.01. The van der Waals surface area contributed by atoms with E-state index in [9.17, 15) is 0 Å². The Hall–Kier alpha value is 0.380. The van der Waals surface area contributed by atoms with E-state index in [1.165, 1.54) is 50.5 Å². The van der Waals surface area contributed by atoms with Crippen LogP contribution < -0.4 is 24.8 Å². The van der Waals surface area contributed by atoms with Crippen molar-refractivity contribution in [2.24, 2.45) is 0 Å². The van der Waals surface area contributed by atoms with Gasteiger partial charge < -0.3 is 24.8 Å².